The maximum Gasteiger partial charge on any atom is 0.124 e. The van der Waals surface area contributed by atoms with Gasteiger partial charge in [-0.15, -0.1) is 0 Å². The van der Waals surface area contributed by atoms with Gasteiger partial charge in [0.25, 0.3) is 0 Å². The van der Waals surface area contributed by atoms with Crippen LogP contribution in [0.1, 0.15) is 18.5 Å². The Labute approximate surface area is 102 Å². The van der Waals surface area contributed by atoms with Gasteiger partial charge >= 0.3 is 0 Å². The van der Waals surface area contributed by atoms with Gasteiger partial charge in [0.2, 0.25) is 0 Å². The molecule has 0 saturated carbocycles. The van der Waals surface area contributed by atoms with E-state index in [0.717, 1.165) is 11.3 Å². The molecule has 0 fully saturated rings. The highest BCUT2D eigenvalue weighted by atomic mass is 16.6. The van der Waals surface area contributed by atoms with E-state index in [4.69, 9.17) is 19.9 Å². The predicted octanol–water partition coefficient (Wildman–Crippen LogP) is 1.50. The Morgan fingerprint density at radius 3 is 3.00 bits per heavy atom. The molecule has 1 aliphatic rings. The smallest absolute Gasteiger partial charge is 0.124 e. The van der Waals surface area contributed by atoms with Crippen molar-refractivity contribution >= 4 is 0 Å². The van der Waals surface area contributed by atoms with E-state index >= 15 is 0 Å². The molecule has 2 rings (SSSR count). The largest absolute Gasteiger partial charge is 0.490 e. The molecule has 0 aromatic heterocycles. The first-order valence-corrected chi connectivity index (χ1v) is 5.99. The Bertz CT molecular complexity index is 356. The minimum Gasteiger partial charge on any atom is -0.490 e. The van der Waals surface area contributed by atoms with Crippen LogP contribution < -0.4 is 10.5 Å². The number of ether oxygens (including phenoxy) is 3. The van der Waals surface area contributed by atoms with E-state index in [2.05, 4.69) is 0 Å². The minimum absolute atomic E-state index is 0.0923. The lowest BCUT2D eigenvalue weighted by Crippen LogP contribution is -2.38. The molecule has 2 atom stereocenters. The molecule has 0 spiro atoms. The second kappa shape index (κ2) is 6.00. The number of hydrogen-bond donors (Lipinski definition) is 1. The molecule has 1 aliphatic heterocycles. The molecular formula is C13H19NO3. The summed E-state index contributed by atoms with van der Waals surface area (Å²) >= 11 is 0. The van der Waals surface area contributed by atoms with Crippen molar-refractivity contribution in [3.05, 3.63) is 29.8 Å². The van der Waals surface area contributed by atoms with Crippen molar-refractivity contribution in [1.29, 1.82) is 0 Å². The van der Waals surface area contributed by atoms with Gasteiger partial charge in [-0.3, -0.25) is 0 Å². The Morgan fingerprint density at radius 2 is 2.18 bits per heavy atom. The monoisotopic (exact) mass is 237 g/mol. The predicted molar refractivity (Wildman–Crippen MR) is 65.1 cm³/mol. The zero-order valence-corrected chi connectivity index (χ0v) is 10.1. The summed E-state index contributed by atoms with van der Waals surface area (Å²) in [7, 11) is 0. The van der Waals surface area contributed by atoms with E-state index in [-0.39, 0.29) is 12.1 Å². The first-order valence-electron chi connectivity index (χ1n) is 5.99. The lowest BCUT2D eigenvalue weighted by Gasteiger charge is -2.31. The van der Waals surface area contributed by atoms with Gasteiger partial charge in [0.15, 0.2) is 0 Å². The minimum atomic E-state index is -0.124. The topological polar surface area (TPSA) is 53.7 Å². The Hall–Kier alpha value is -1.10. The normalized spacial score (nSPS) is 22.9. The lowest BCUT2D eigenvalue weighted by atomic mass is 9.99. The standard InChI is InChI=1S/C13H19NO3/c1-2-15-7-8-16-12-9-17-11-6-4-3-5-10(11)13(12)14/h3-6,12-13H,2,7-9,14H2,1H3. The highest BCUT2D eigenvalue weighted by molar-refractivity contribution is 5.38. The average molecular weight is 237 g/mol. The zero-order chi connectivity index (χ0) is 12.1. The van der Waals surface area contributed by atoms with Crippen molar-refractivity contribution < 1.29 is 14.2 Å². The van der Waals surface area contributed by atoms with Crippen molar-refractivity contribution in [3.8, 4) is 5.75 Å². The maximum absolute atomic E-state index is 6.16. The molecule has 17 heavy (non-hydrogen) atoms. The molecule has 2 N–H and O–H groups in total. The Morgan fingerprint density at radius 1 is 1.35 bits per heavy atom. The molecule has 0 saturated heterocycles. The second-order valence-electron chi connectivity index (χ2n) is 3.98. The average Bonchev–Trinajstić information content (AvgIpc) is 2.37. The van der Waals surface area contributed by atoms with Crippen molar-refractivity contribution in [2.75, 3.05) is 26.4 Å². The first-order chi connectivity index (χ1) is 8.33. The van der Waals surface area contributed by atoms with E-state index in [1.54, 1.807) is 0 Å². The summed E-state index contributed by atoms with van der Waals surface area (Å²) < 4.78 is 16.5. The highest BCUT2D eigenvalue weighted by Crippen LogP contribution is 2.31. The van der Waals surface area contributed by atoms with Crippen LogP contribution in [0, 0.1) is 0 Å². The molecular weight excluding hydrogens is 218 g/mol. The van der Waals surface area contributed by atoms with Crippen LogP contribution >= 0.6 is 0 Å². The van der Waals surface area contributed by atoms with Crippen LogP contribution in [-0.4, -0.2) is 32.5 Å². The number of fused-ring (bicyclic) bond motifs is 1. The summed E-state index contributed by atoms with van der Waals surface area (Å²) in [6.45, 7) is 4.33. The van der Waals surface area contributed by atoms with Gasteiger partial charge in [0, 0.05) is 12.2 Å². The second-order valence-corrected chi connectivity index (χ2v) is 3.98. The summed E-state index contributed by atoms with van der Waals surface area (Å²) in [6.07, 6.45) is -0.0923. The molecule has 1 aromatic rings. The van der Waals surface area contributed by atoms with E-state index in [9.17, 15) is 0 Å². The summed E-state index contributed by atoms with van der Waals surface area (Å²) in [5, 5.41) is 0. The quantitative estimate of drug-likeness (QED) is 0.788. The molecule has 1 heterocycles. The van der Waals surface area contributed by atoms with E-state index in [1.807, 2.05) is 31.2 Å². The van der Waals surface area contributed by atoms with Gasteiger partial charge in [-0.1, -0.05) is 18.2 Å². The summed E-state index contributed by atoms with van der Waals surface area (Å²) in [6, 6.07) is 7.71. The molecule has 4 nitrogen and oxygen atoms in total. The van der Waals surface area contributed by atoms with E-state index < -0.39 is 0 Å². The van der Waals surface area contributed by atoms with Gasteiger partial charge in [0.1, 0.15) is 18.5 Å². The number of rotatable bonds is 5. The number of hydrogen-bond acceptors (Lipinski definition) is 4. The third-order valence-electron chi connectivity index (χ3n) is 2.85. The van der Waals surface area contributed by atoms with E-state index in [1.165, 1.54) is 0 Å². The van der Waals surface area contributed by atoms with Crippen LogP contribution in [0.2, 0.25) is 0 Å². The maximum atomic E-state index is 6.16. The Kier molecular flexibility index (Phi) is 4.36. The molecule has 0 amide bonds. The van der Waals surface area contributed by atoms with Crippen molar-refractivity contribution in [2.24, 2.45) is 5.73 Å². The summed E-state index contributed by atoms with van der Waals surface area (Å²) in [5.74, 6) is 0.865. The van der Waals surface area contributed by atoms with Crippen LogP contribution in [0.3, 0.4) is 0 Å². The molecule has 4 heteroatoms. The van der Waals surface area contributed by atoms with Crippen molar-refractivity contribution in [2.45, 2.75) is 19.1 Å². The first kappa shape index (κ1) is 12.4. The number of nitrogens with two attached hydrogens (primary N) is 1. The fourth-order valence-electron chi connectivity index (χ4n) is 1.92. The SMILES string of the molecule is CCOCCOC1COc2ccccc2C1N. The highest BCUT2D eigenvalue weighted by Gasteiger charge is 2.28. The zero-order valence-electron chi connectivity index (χ0n) is 10.1. The van der Waals surface area contributed by atoms with Gasteiger partial charge < -0.3 is 19.9 Å². The van der Waals surface area contributed by atoms with Gasteiger partial charge in [-0.2, -0.15) is 0 Å². The van der Waals surface area contributed by atoms with E-state index in [0.29, 0.717) is 26.4 Å². The van der Waals surface area contributed by atoms with Gasteiger partial charge in [-0.05, 0) is 13.0 Å². The van der Waals surface area contributed by atoms with Crippen molar-refractivity contribution in [3.63, 3.8) is 0 Å². The van der Waals surface area contributed by atoms with Crippen molar-refractivity contribution in [1.82, 2.24) is 0 Å². The van der Waals surface area contributed by atoms with Crippen LogP contribution in [0.25, 0.3) is 0 Å². The lowest BCUT2D eigenvalue weighted by molar-refractivity contribution is -0.0318. The molecule has 2 unspecified atom stereocenters. The fraction of sp³-hybridized carbons (Fsp3) is 0.538. The third-order valence-corrected chi connectivity index (χ3v) is 2.85. The third kappa shape index (κ3) is 2.97. The molecule has 0 bridgehead atoms. The molecule has 0 aliphatic carbocycles. The number of para-hydroxylation sites is 1. The van der Waals surface area contributed by atoms with Gasteiger partial charge in [-0.25, -0.2) is 0 Å². The fourth-order valence-corrected chi connectivity index (χ4v) is 1.92. The Balaban J connectivity index is 1.90. The summed E-state index contributed by atoms with van der Waals surface area (Å²) in [4.78, 5) is 0. The number of benzene rings is 1. The summed E-state index contributed by atoms with van der Waals surface area (Å²) in [5.41, 5.74) is 7.17. The van der Waals surface area contributed by atoms with Crippen LogP contribution in [0.5, 0.6) is 5.75 Å². The van der Waals surface area contributed by atoms with Crippen LogP contribution in [0.15, 0.2) is 24.3 Å². The van der Waals surface area contributed by atoms with Gasteiger partial charge in [0.05, 0.1) is 19.3 Å². The molecule has 0 radical (unpaired) electrons. The van der Waals surface area contributed by atoms with Crippen LogP contribution in [0.4, 0.5) is 0 Å². The molecule has 94 valence electrons. The molecule has 1 aromatic carbocycles. The van der Waals surface area contributed by atoms with Crippen LogP contribution in [-0.2, 0) is 9.47 Å².